The Morgan fingerprint density at radius 1 is 1.21 bits per heavy atom. The molecule has 1 aromatic rings. The van der Waals surface area contributed by atoms with Crippen LogP contribution in [0.15, 0.2) is 24.3 Å². The molecule has 0 unspecified atom stereocenters. The summed E-state index contributed by atoms with van der Waals surface area (Å²) in [6, 6.07) is 7.22. The Kier molecular flexibility index (Phi) is 2.59. The average molecular weight is 213 g/mol. The van der Waals surface area contributed by atoms with Crippen LogP contribution in [0.25, 0.3) is 0 Å². The van der Waals surface area contributed by atoms with E-state index in [1.54, 1.807) is 12.1 Å². The summed E-state index contributed by atoms with van der Waals surface area (Å²) >= 11 is 0. The lowest BCUT2D eigenvalue weighted by atomic mass is 10.2. The Morgan fingerprint density at radius 3 is 2.36 bits per heavy atom. The second-order valence-electron chi connectivity index (χ2n) is 3.18. The van der Waals surface area contributed by atoms with Crippen LogP contribution in [0.5, 0.6) is 0 Å². The average Bonchev–Trinajstić information content (AvgIpc) is 2.57. The lowest BCUT2D eigenvalue weighted by Gasteiger charge is -2.08. The Balaban J connectivity index is 2.10. The van der Waals surface area contributed by atoms with Gasteiger partial charge in [0.1, 0.15) is 0 Å². The molecule has 5 heteroatoms. The molecule has 0 aliphatic carbocycles. The monoisotopic (exact) mass is 213 g/mol. The summed E-state index contributed by atoms with van der Waals surface area (Å²) in [5.41, 5.74) is 7.15. The van der Waals surface area contributed by atoms with Crippen LogP contribution in [-0.4, -0.2) is 13.2 Å². The SMILES string of the molecule is Nc1ccc(CP2(=O)OCCO2)cc1. The molecule has 1 aliphatic heterocycles. The van der Waals surface area contributed by atoms with Crippen LogP contribution >= 0.6 is 7.60 Å². The van der Waals surface area contributed by atoms with Crippen molar-refractivity contribution in [3.63, 3.8) is 0 Å². The first-order chi connectivity index (χ1) is 6.68. The Labute approximate surface area is 82.6 Å². The van der Waals surface area contributed by atoms with Crippen molar-refractivity contribution in [2.45, 2.75) is 6.16 Å². The molecule has 1 fully saturated rings. The van der Waals surface area contributed by atoms with Crippen LogP contribution in [0.4, 0.5) is 5.69 Å². The van der Waals surface area contributed by atoms with Gasteiger partial charge in [-0.1, -0.05) is 12.1 Å². The number of nitrogen functional groups attached to an aromatic ring is 1. The molecule has 1 saturated heterocycles. The van der Waals surface area contributed by atoms with Gasteiger partial charge in [-0.25, -0.2) is 0 Å². The smallest absolute Gasteiger partial charge is 0.335 e. The largest absolute Gasteiger partial charge is 0.399 e. The van der Waals surface area contributed by atoms with Gasteiger partial charge in [0.05, 0.1) is 19.4 Å². The van der Waals surface area contributed by atoms with Crippen LogP contribution in [0, 0.1) is 0 Å². The van der Waals surface area contributed by atoms with E-state index in [4.69, 9.17) is 14.8 Å². The molecule has 0 aromatic heterocycles. The number of hydrogen-bond donors (Lipinski definition) is 1. The fraction of sp³-hybridized carbons (Fsp3) is 0.333. The molecule has 14 heavy (non-hydrogen) atoms. The highest BCUT2D eigenvalue weighted by Gasteiger charge is 2.29. The minimum atomic E-state index is -2.85. The summed E-state index contributed by atoms with van der Waals surface area (Å²) in [7, 11) is -2.85. The third-order valence-corrected chi connectivity index (χ3v) is 3.92. The molecule has 1 aliphatic rings. The lowest BCUT2D eigenvalue weighted by Crippen LogP contribution is -1.90. The Morgan fingerprint density at radius 2 is 1.79 bits per heavy atom. The van der Waals surface area contributed by atoms with Gasteiger partial charge in [-0.2, -0.15) is 0 Å². The summed E-state index contributed by atoms with van der Waals surface area (Å²) in [6.45, 7) is 0.846. The van der Waals surface area contributed by atoms with Gasteiger partial charge in [0.2, 0.25) is 0 Å². The highest BCUT2D eigenvalue weighted by atomic mass is 31.2. The van der Waals surface area contributed by atoms with Crippen molar-refractivity contribution in [2.24, 2.45) is 0 Å². The zero-order valence-corrected chi connectivity index (χ0v) is 8.57. The van der Waals surface area contributed by atoms with E-state index in [2.05, 4.69) is 0 Å². The summed E-state index contributed by atoms with van der Waals surface area (Å²) in [4.78, 5) is 0. The molecular weight excluding hydrogens is 201 g/mol. The molecular formula is C9H12NO3P. The van der Waals surface area contributed by atoms with E-state index in [1.807, 2.05) is 12.1 Å². The molecule has 0 spiro atoms. The van der Waals surface area contributed by atoms with Crippen molar-refractivity contribution in [1.82, 2.24) is 0 Å². The molecule has 0 atom stereocenters. The summed E-state index contributed by atoms with van der Waals surface area (Å²) < 4.78 is 21.9. The van der Waals surface area contributed by atoms with Gasteiger partial charge in [0, 0.05) is 5.69 Å². The minimum Gasteiger partial charge on any atom is -0.399 e. The number of anilines is 1. The zero-order valence-electron chi connectivity index (χ0n) is 7.68. The first kappa shape index (κ1) is 9.71. The molecule has 0 amide bonds. The summed E-state index contributed by atoms with van der Waals surface area (Å²) in [6.07, 6.45) is 0.327. The van der Waals surface area contributed by atoms with Gasteiger partial charge in [-0.3, -0.25) is 4.57 Å². The van der Waals surface area contributed by atoms with Gasteiger partial charge in [-0.15, -0.1) is 0 Å². The van der Waals surface area contributed by atoms with Crippen LogP contribution in [0.3, 0.4) is 0 Å². The fourth-order valence-electron chi connectivity index (χ4n) is 1.33. The maximum Gasteiger partial charge on any atom is 0.335 e. The predicted octanol–water partition coefficient (Wildman–Crippen LogP) is 2.01. The number of benzene rings is 1. The maximum atomic E-state index is 11.8. The minimum absolute atomic E-state index is 0.327. The van der Waals surface area contributed by atoms with Gasteiger partial charge in [0.25, 0.3) is 0 Å². The highest BCUT2D eigenvalue weighted by molar-refractivity contribution is 7.53. The van der Waals surface area contributed by atoms with Crippen molar-refractivity contribution in [2.75, 3.05) is 18.9 Å². The van der Waals surface area contributed by atoms with E-state index in [9.17, 15) is 4.57 Å². The Bertz CT molecular complexity index is 353. The van der Waals surface area contributed by atoms with Crippen LogP contribution in [0.2, 0.25) is 0 Å². The van der Waals surface area contributed by atoms with Crippen molar-refractivity contribution in [3.8, 4) is 0 Å². The number of nitrogens with two attached hydrogens (primary N) is 1. The molecule has 2 rings (SSSR count). The number of rotatable bonds is 2. The van der Waals surface area contributed by atoms with Gasteiger partial charge in [0.15, 0.2) is 0 Å². The zero-order chi connectivity index (χ0) is 10.0. The Hall–Kier alpha value is -0.830. The normalized spacial score (nSPS) is 19.7. The van der Waals surface area contributed by atoms with Gasteiger partial charge < -0.3 is 14.8 Å². The molecule has 1 aromatic carbocycles. The quantitative estimate of drug-likeness (QED) is 0.603. The summed E-state index contributed by atoms with van der Waals surface area (Å²) in [5.74, 6) is 0. The third-order valence-electron chi connectivity index (χ3n) is 2.02. The second-order valence-corrected chi connectivity index (χ2v) is 5.23. The molecule has 2 N–H and O–H groups in total. The molecule has 4 nitrogen and oxygen atoms in total. The van der Waals surface area contributed by atoms with E-state index in [0.29, 0.717) is 25.1 Å². The molecule has 76 valence electrons. The van der Waals surface area contributed by atoms with Crippen LogP contribution in [0.1, 0.15) is 5.56 Å². The highest BCUT2D eigenvalue weighted by Crippen LogP contribution is 2.54. The first-order valence-corrected chi connectivity index (χ1v) is 6.13. The van der Waals surface area contributed by atoms with Crippen molar-refractivity contribution < 1.29 is 13.6 Å². The predicted molar refractivity (Wildman–Crippen MR) is 54.1 cm³/mol. The van der Waals surface area contributed by atoms with Crippen molar-refractivity contribution in [3.05, 3.63) is 29.8 Å². The molecule has 1 heterocycles. The topological polar surface area (TPSA) is 61.6 Å². The van der Waals surface area contributed by atoms with Crippen LogP contribution in [-0.2, 0) is 19.8 Å². The van der Waals surface area contributed by atoms with Gasteiger partial charge in [-0.05, 0) is 17.7 Å². The number of hydrogen-bond acceptors (Lipinski definition) is 4. The fourth-order valence-corrected chi connectivity index (χ4v) is 2.95. The van der Waals surface area contributed by atoms with Crippen LogP contribution < -0.4 is 5.73 Å². The molecule has 0 radical (unpaired) electrons. The standard InChI is InChI=1S/C9H12NO3P/c10-9-3-1-8(2-4-9)7-14(11)12-5-6-13-14/h1-4H,5-7,10H2. The third kappa shape index (κ3) is 2.15. The van der Waals surface area contributed by atoms with E-state index in [1.165, 1.54) is 0 Å². The van der Waals surface area contributed by atoms with E-state index in [-0.39, 0.29) is 0 Å². The first-order valence-electron chi connectivity index (χ1n) is 4.40. The van der Waals surface area contributed by atoms with Crippen molar-refractivity contribution in [1.29, 1.82) is 0 Å². The molecule has 0 bridgehead atoms. The van der Waals surface area contributed by atoms with Gasteiger partial charge >= 0.3 is 7.60 Å². The van der Waals surface area contributed by atoms with E-state index >= 15 is 0 Å². The van der Waals surface area contributed by atoms with Crippen molar-refractivity contribution >= 4 is 13.3 Å². The molecule has 0 saturated carbocycles. The lowest BCUT2D eigenvalue weighted by molar-refractivity contribution is 0.351. The van der Waals surface area contributed by atoms with E-state index < -0.39 is 7.60 Å². The van der Waals surface area contributed by atoms with E-state index in [0.717, 1.165) is 5.56 Å². The summed E-state index contributed by atoms with van der Waals surface area (Å²) in [5, 5.41) is 0. The second kappa shape index (κ2) is 3.73. The maximum absolute atomic E-state index is 11.8.